The lowest BCUT2D eigenvalue weighted by molar-refractivity contribution is -0.120. The summed E-state index contributed by atoms with van der Waals surface area (Å²) in [6, 6.07) is 5.03. The van der Waals surface area contributed by atoms with Gasteiger partial charge in [0.05, 0.1) is 22.9 Å². The number of carbonyl (C=O) groups excluding carboxylic acids is 2. The van der Waals surface area contributed by atoms with Crippen LogP contribution in [0.5, 0.6) is 0 Å². The van der Waals surface area contributed by atoms with E-state index in [4.69, 9.17) is 0 Å². The highest BCUT2D eigenvalue weighted by Crippen LogP contribution is 2.15. The van der Waals surface area contributed by atoms with E-state index in [1.165, 1.54) is 38.4 Å². The smallest absolute Gasteiger partial charge is 0.251 e. The van der Waals surface area contributed by atoms with Crippen LogP contribution < -0.4 is 10.6 Å². The molecule has 1 fully saturated rings. The van der Waals surface area contributed by atoms with E-state index in [0.717, 1.165) is 4.31 Å². The van der Waals surface area contributed by atoms with Crippen LogP contribution in [0.4, 0.5) is 0 Å². The summed E-state index contributed by atoms with van der Waals surface area (Å²) in [6.45, 7) is -0.333. The zero-order chi connectivity index (χ0) is 19.5. The van der Waals surface area contributed by atoms with E-state index in [9.17, 15) is 26.4 Å². The molecule has 1 aliphatic rings. The molecule has 2 rings (SSSR count). The van der Waals surface area contributed by atoms with Gasteiger partial charge in [-0.15, -0.1) is 0 Å². The topological polar surface area (TPSA) is 130 Å². The van der Waals surface area contributed by atoms with Gasteiger partial charge >= 0.3 is 0 Å². The number of amides is 2. The maximum Gasteiger partial charge on any atom is 0.251 e. The Bertz CT molecular complexity index is 909. The van der Waals surface area contributed by atoms with E-state index < -0.39 is 37.7 Å². The Morgan fingerprint density at radius 1 is 1.27 bits per heavy atom. The number of sulfonamides is 1. The average molecular weight is 403 g/mol. The minimum absolute atomic E-state index is 0.0317. The summed E-state index contributed by atoms with van der Waals surface area (Å²) >= 11 is 0. The van der Waals surface area contributed by atoms with Crippen LogP contribution in [0.2, 0.25) is 0 Å². The number of nitrogens with one attached hydrogen (secondary N) is 2. The molecule has 0 bridgehead atoms. The van der Waals surface area contributed by atoms with Crippen LogP contribution >= 0.6 is 0 Å². The third-order valence-corrected chi connectivity index (χ3v) is 7.46. The Kier molecular flexibility index (Phi) is 6.04. The van der Waals surface area contributed by atoms with Gasteiger partial charge in [-0.05, 0) is 24.6 Å². The highest BCUT2D eigenvalue weighted by molar-refractivity contribution is 7.91. The van der Waals surface area contributed by atoms with E-state index in [1.807, 2.05) is 0 Å². The van der Waals surface area contributed by atoms with Gasteiger partial charge in [0.15, 0.2) is 9.84 Å². The maximum absolute atomic E-state index is 12.1. The molecular formula is C15H21N3O6S2. The lowest BCUT2D eigenvalue weighted by Crippen LogP contribution is -2.42. The molecular weight excluding hydrogens is 382 g/mol. The van der Waals surface area contributed by atoms with Gasteiger partial charge in [-0.1, -0.05) is 6.07 Å². The number of hydrogen-bond acceptors (Lipinski definition) is 6. The Morgan fingerprint density at radius 3 is 2.54 bits per heavy atom. The van der Waals surface area contributed by atoms with Crippen molar-refractivity contribution in [3.63, 3.8) is 0 Å². The van der Waals surface area contributed by atoms with Gasteiger partial charge in [-0.2, -0.15) is 0 Å². The first-order chi connectivity index (χ1) is 12.0. The van der Waals surface area contributed by atoms with E-state index >= 15 is 0 Å². The maximum atomic E-state index is 12.1. The molecule has 0 aromatic heterocycles. The summed E-state index contributed by atoms with van der Waals surface area (Å²) in [5.74, 6) is -1.17. The lowest BCUT2D eigenvalue weighted by atomic mass is 10.2. The van der Waals surface area contributed by atoms with Crippen molar-refractivity contribution < 1.29 is 26.4 Å². The molecule has 26 heavy (non-hydrogen) atoms. The molecule has 0 spiro atoms. The van der Waals surface area contributed by atoms with E-state index in [1.54, 1.807) is 0 Å². The van der Waals surface area contributed by atoms with Crippen molar-refractivity contribution in [2.24, 2.45) is 0 Å². The molecule has 11 heteroatoms. The number of benzene rings is 1. The molecule has 144 valence electrons. The first-order valence-electron chi connectivity index (χ1n) is 7.82. The molecule has 1 heterocycles. The Morgan fingerprint density at radius 2 is 1.96 bits per heavy atom. The Labute approximate surface area is 152 Å². The molecule has 0 radical (unpaired) electrons. The van der Waals surface area contributed by atoms with Crippen LogP contribution in [0.15, 0.2) is 29.2 Å². The normalized spacial score (nSPS) is 19.3. The zero-order valence-electron chi connectivity index (χ0n) is 14.4. The van der Waals surface area contributed by atoms with E-state index in [0.29, 0.717) is 6.42 Å². The Balaban J connectivity index is 1.95. The summed E-state index contributed by atoms with van der Waals surface area (Å²) in [5, 5.41) is 4.95. The molecule has 0 aliphatic carbocycles. The third kappa shape index (κ3) is 5.02. The van der Waals surface area contributed by atoms with Crippen LogP contribution in [-0.2, 0) is 24.7 Å². The zero-order valence-corrected chi connectivity index (χ0v) is 16.1. The van der Waals surface area contributed by atoms with Gasteiger partial charge in [-0.25, -0.2) is 21.1 Å². The second-order valence-electron chi connectivity index (χ2n) is 6.17. The van der Waals surface area contributed by atoms with Crippen LogP contribution in [0.1, 0.15) is 16.8 Å². The summed E-state index contributed by atoms with van der Waals surface area (Å²) < 4.78 is 48.0. The molecule has 1 aromatic rings. The van der Waals surface area contributed by atoms with Gasteiger partial charge in [0, 0.05) is 25.7 Å². The van der Waals surface area contributed by atoms with Crippen LogP contribution in [0.25, 0.3) is 0 Å². The second kappa shape index (κ2) is 7.72. The largest absolute Gasteiger partial charge is 0.351 e. The third-order valence-electron chi connectivity index (χ3n) is 3.88. The lowest BCUT2D eigenvalue weighted by Gasteiger charge is -2.13. The summed E-state index contributed by atoms with van der Waals surface area (Å²) in [4.78, 5) is 23.9. The molecule has 1 saturated heterocycles. The highest BCUT2D eigenvalue weighted by Gasteiger charge is 2.28. The fourth-order valence-corrected chi connectivity index (χ4v) is 5.08. The molecule has 1 aliphatic heterocycles. The molecule has 0 saturated carbocycles. The Hall–Kier alpha value is -1.98. The monoisotopic (exact) mass is 403 g/mol. The minimum atomic E-state index is -3.67. The molecule has 1 aromatic carbocycles. The second-order valence-corrected chi connectivity index (χ2v) is 10.5. The molecule has 9 nitrogen and oxygen atoms in total. The van der Waals surface area contributed by atoms with Crippen molar-refractivity contribution >= 4 is 31.7 Å². The van der Waals surface area contributed by atoms with Crippen molar-refractivity contribution in [2.75, 3.05) is 32.1 Å². The average Bonchev–Trinajstić information content (AvgIpc) is 2.91. The van der Waals surface area contributed by atoms with Crippen molar-refractivity contribution in [2.45, 2.75) is 17.4 Å². The highest BCUT2D eigenvalue weighted by atomic mass is 32.2. The number of carbonyl (C=O) groups is 2. The van der Waals surface area contributed by atoms with Crippen molar-refractivity contribution in [3.8, 4) is 0 Å². The molecule has 1 unspecified atom stereocenters. The van der Waals surface area contributed by atoms with E-state index in [-0.39, 0.29) is 28.5 Å². The van der Waals surface area contributed by atoms with Crippen molar-refractivity contribution in [1.29, 1.82) is 0 Å². The van der Waals surface area contributed by atoms with E-state index in [2.05, 4.69) is 10.6 Å². The van der Waals surface area contributed by atoms with Crippen LogP contribution in [0.3, 0.4) is 0 Å². The van der Waals surface area contributed by atoms with Crippen molar-refractivity contribution in [3.05, 3.63) is 29.8 Å². The SMILES string of the molecule is CN(C)S(=O)(=O)c1cccc(C(=O)NCC(=O)NC2CCS(=O)(=O)C2)c1. The summed E-state index contributed by atoms with van der Waals surface area (Å²) in [5.41, 5.74) is 0.101. The minimum Gasteiger partial charge on any atom is -0.351 e. The fourth-order valence-electron chi connectivity index (χ4n) is 2.46. The van der Waals surface area contributed by atoms with Crippen LogP contribution in [-0.4, -0.2) is 71.1 Å². The number of sulfone groups is 1. The van der Waals surface area contributed by atoms with Gasteiger partial charge in [0.25, 0.3) is 5.91 Å². The molecule has 1 atom stereocenters. The predicted molar refractivity (Wildman–Crippen MR) is 94.8 cm³/mol. The molecule has 2 amide bonds. The number of rotatable bonds is 6. The van der Waals surface area contributed by atoms with Gasteiger partial charge < -0.3 is 10.6 Å². The van der Waals surface area contributed by atoms with Gasteiger partial charge in [-0.3, -0.25) is 9.59 Å². The van der Waals surface area contributed by atoms with Gasteiger partial charge in [0.2, 0.25) is 15.9 Å². The standard InChI is InChI=1S/C15H21N3O6S2/c1-18(2)26(23,24)13-5-3-4-11(8-13)15(20)16-9-14(19)17-12-6-7-25(21,22)10-12/h3-5,8,12H,6-7,9-10H2,1-2H3,(H,16,20)(H,17,19). The van der Waals surface area contributed by atoms with Crippen LogP contribution in [0, 0.1) is 0 Å². The number of hydrogen-bond donors (Lipinski definition) is 2. The first-order valence-corrected chi connectivity index (χ1v) is 11.1. The first kappa shape index (κ1) is 20.3. The number of nitrogens with zero attached hydrogens (tertiary/aromatic N) is 1. The van der Waals surface area contributed by atoms with Gasteiger partial charge in [0.1, 0.15) is 0 Å². The van der Waals surface area contributed by atoms with Crippen molar-refractivity contribution in [1.82, 2.24) is 14.9 Å². The summed E-state index contributed by atoms with van der Waals surface area (Å²) in [6.07, 6.45) is 0.354. The predicted octanol–water partition coefficient (Wildman–Crippen LogP) is -1.03. The summed E-state index contributed by atoms with van der Waals surface area (Å²) in [7, 11) is -4.01. The quantitative estimate of drug-likeness (QED) is 0.625. The fraction of sp³-hybridized carbons (Fsp3) is 0.467. The molecule has 2 N–H and O–H groups in total.